The Bertz CT molecular complexity index is 1290. The molecule has 2 aliphatic heterocycles. The topological polar surface area (TPSA) is 111 Å². The summed E-state index contributed by atoms with van der Waals surface area (Å²) in [5, 5.41) is 8.65. The Balaban J connectivity index is 1.55. The molecule has 2 aromatic rings. The number of morpholine rings is 1. The van der Waals surface area contributed by atoms with Gasteiger partial charge in [0, 0.05) is 38.0 Å². The molecule has 10 nitrogen and oxygen atoms in total. The van der Waals surface area contributed by atoms with Gasteiger partial charge in [0.05, 0.1) is 43.0 Å². The zero-order chi connectivity index (χ0) is 24.9. The third-order valence-corrected chi connectivity index (χ3v) is 6.55. The predicted octanol–water partition coefficient (Wildman–Crippen LogP) is 2.25. The molecule has 1 N–H and O–H groups in total. The Morgan fingerprint density at radius 1 is 1.26 bits per heavy atom. The molecule has 3 aliphatic rings. The summed E-state index contributed by atoms with van der Waals surface area (Å²) in [5.41, 5.74) is -1.28. The van der Waals surface area contributed by atoms with Gasteiger partial charge in [-0.15, -0.1) is 0 Å². The predicted molar refractivity (Wildman–Crippen MR) is 119 cm³/mol. The van der Waals surface area contributed by atoms with Gasteiger partial charge in [-0.1, -0.05) is 0 Å². The molecule has 1 saturated carbocycles. The number of hydrogen-bond donors (Lipinski definition) is 1. The second kappa shape index (κ2) is 8.84. The van der Waals surface area contributed by atoms with Crippen molar-refractivity contribution in [3.8, 4) is 5.75 Å². The number of benzene rings is 1. The zero-order valence-electron chi connectivity index (χ0n) is 18.8. The van der Waals surface area contributed by atoms with Gasteiger partial charge in [0.1, 0.15) is 11.5 Å². The smallest absolute Gasteiger partial charge is 0.466 e. The second-order valence-corrected chi connectivity index (χ2v) is 8.70. The molecule has 0 amide bonds. The van der Waals surface area contributed by atoms with Gasteiger partial charge in [0.15, 0.2) is 11.6 Å². The number of anilines is 1. The van der Waals surface area contributed by atoms with Gasteiger partial charge >= 0.3 is 12.1 Å². The number of esters is 1. The van der Waals surface area contributed by atoms with E-state index in [1.54, 1.807) is 6.20 Å². The van der Waals surface area contributed by atoms with Crippen LogP contribution in [0.25, 0.3) is 10.9 Å². The highest BCUT2D eigenvalue weighted by atomic mass is 19.1. The number of carbonyl (C=O) groups is 2. The number of pyridine rings is 1. The van der Waals surface area contributed by atoms with Crippen LogP contribution in [0.4, 0.5) is 19.3 Å². The first kappa shape index (κ1) is 23.1. The fourth-order valence-corrected chi connectivity index (χ4v) is 4.81. The van der Waals surface area contributed by atoms with Crippen LogP contribution in [-0.2, 0) is 14.3 Å². The minimum absolute atomic E-state index is 0.0927. The number of carbonyl (C=O) groups excluding carboxylic acids is 1. The third kappa shape index (κ3) is 4.18. The molecular formula is C23H23F2N3O7. The van der Waals surface area contributed by atoms with Crippen molar-refractivity contribution >= 4 is 28.7 Å². The standard InChI is InChI=1S/C23H23F2N3O7/c1-33-18(29)4-5-26-6-7-34-16-10-27(9-15(16)26)21-14(24)8-13-20(19(21)25)28(12-2-3-12)11-17(22(13)30)35-23(31)32/h4-5,8,11-12,15-16H,2-3,6-7,9-10H2,1H3,(H,31,32)/t15-,16+/m1/s1. The molecule has 2 saturated heterocycles. The van der Waals surface area contributed by atoms with E-state index in [1.165, 1.54) is 28.8 Å². The molecule has 1 aromatic heterocycles. The van der Waals surface area contributed by atoms with Gasteiger partial charge in [-0.2, -0.15) is 0 Å². The minimum atomic E-state index is -1.69. The minimum Gasteiger partial charge on any atom is -0.466 e. The highest BCUT2D eigenvalue weighted by Crippen LogP contribution is 2.41. The summed E-state index contributed by atoms with van der Waals surface area (Å²) in [7, 11) is 1.27. The number of rotatable bonds is 5. The van der Waals surface area contributed by atoms with Crippen molar-refractivity contribution in [2.24, 2.45) is 0 Å². The maximum Gasteiger partial charge on any atom is 0.511 e. The van der Waals surface area contributed by atoms with Crippen LogP contribution in [-0.4, -0.2) is 72.2 Å². The van der Waals surface area contributed by atoms with E-state index in [9.17, 15) is 14.4 Å². The number of ether oxygens (including phenoxy) is 3. The number of aromatic nitrogens is 1. The Morgan fingerprint density at radius 2 is 2.03 bits per heavy atom. The molecule has 0 bridgehead atoms. The lowest BCUT2D eigenvalue weighted by atomic mass is 10.1. The number of methoxy groups -OCH3 is 1. The maximum absolute atomic E-state index is 16.0. The van der Waals surface area contributed by atoms with Gasteiger partial charge in [-0.05, 0) is 18.9 Å². The average Bonchev–Trinajstić information content (AvgIpc) is 3.57. The second-order valence-electron chi connectivity index (χ2n) is 8.70. The van der Waals surface area contributed by atoms with E-state index in [-0.39, 0.29) is 47.9 Å². The highest BCUT2D eigenvalue weighted by molar-refractivity contribution is 5.86. The van der Waals surface area contributed by atoms with Crippen molar-refractivity contribution in [2.45, 2.75) is 31.0 Å². The van der Waals surface area contributed by atoms with Crippen LogP contribution in [0.3, 0.4) is 0 Å². The lowest BCUT2D eigenvalue weighted by Crippen LogP contribution is -2.48. The summed E-state index contributed by atoms with van der Waals surface area (Å²) in [6.45, 7) is 1.32. The molecule has 3 heterocycles. The zero-order valence-corrected chi connectivity index (χ0v) is 18.8. The Labute approximate surface area is 197 Å². The highest BCUT2D eigenvalue weighted by Gasteiger charge is 2.41. The molecule has 12 heteroatoms. The van der Waals surface area contributed by atoms with Gasteiger partial charge in [-0.25, -0.2) is 18.4 Å². The quantitative estimate of drug-likeness (QED) is 0.497. The summed E-state index contributed by atoms with van der Waals surface area (Å²) in [6, 6.07) is 0.531. The lowest BCUT2D eigenvalue weighted by Gasteiger charge is -2.35. The van der Waals surface area contributed by atoms with E-state index in [1.807, 2.05) is 4.90 Å². The van der Waals surface area contributed by atoms with Crippen molar-refractivity contribution in [3.63, 3.8) is 0 Å². The van der Waals surface area contributed by atoms with E-state index in [0.29, 0.717) is 26.0 Å². The van der Waals surface area contributed by atoms with E-state index >= 15 is 8.78 Å². The van der Waals surface area contributed by atoms with E-state index in [4.69, 9.17) is 9.84 Å². The SMILES string of the molecule is COC(=O)C=CN1CCO[C@H]2CN(c3c(F)cc4c(=O)c(OC(=O)O)cn(C5CC5)c4c3F)C[C@H]21. The van der Waals surface area contributed by atoms with E-state index in [2.05, 4.69) is 9.47 Å². The Kier molecular flexibility index (Phi) is 5.83. The monoisotopic (exact) mass is 491 g/mol. The molecule has 0 spiro atoms. The van der Waals surface area contributed by atoms with E-state index < -0.39 is 34.9 Å². The van der Waals surface area contributed by atoms with Crippen molar-refractivity contribution in [2.75, 3.05) is 38.3 Å². The maximum atomic E-state index is 16.0. The molecule has 5 rings (SSSR count). The molecule has 1 aromatic carbocycles. The summed E-state index contributed by atoms with van der Waals surface area (Å²) in [6.07, 6.45) is 3.43. The number of nitrogens with zero attached hydrogens (tertiary/aromatic N) is 3. The summed E-state index contributed by atoms with van der Waals surface area (Å²) >= 11 is 0. The van der Waals surface area contributed by atoms with Gasteiger partial charge in [0.25, 0.3) is 0 Å². The van der Waals surface area contributed by atoms with Crippen LogP contribution in [0.5, 0.6) is 5.75 Å². The van der Waals surface area contributed by atoms with Crippen molar-refractivity contribution in [3.05, 3.63) is 46.4 Å². The van der Waals surface area contributed by atoms with Gasteiger partial charge in [-0.3, -0.25) is 4.79 Å². The van der Waals surface area contributed by atoms with Gasteiger partial charge in [0.2, 0.25) is 5.43 Å². The van der Waals surface area contributed by atoms with Crippen molar-refractivity contribution < 1.29 is 37.7 Å². The van der Waals surface area contributed by atoms with E-state index in [0.717, 1.165) is 6.07 Å². The molecule has 1 aliphatic carbocycles. The molecule has 0 unspecified atom stereocenters. The number of fused-ring (bicyclic) bond motifs is 2. The third-order valence-electron chi connectivity index (χ3n) is 6.55. The molecule has 186 valence electrons. The Hall–Kier alpha value is -3.67. The van der Waals surface area contributed by atoms with Crippen LogP contribution in [0.1, 0.15) is 18.9 Å². The van der Waals surface area contributed by atoms with Crippen LogP contribution in [0, 0.1) is 11.6 Å². The van der Waals surface area contributed by atoms with Crippen LogP contribution in [0.15, 0.2) is 29.3 Å². The molecule has 2 atom stereocenters. The summed E-state index contributed by atoms with van der Waals surface area (Å²) < 4.78 is 47.7. The molecule has 3 fully saturated rings. The number of halogens is 2. The fraction of sp³-hybridized carbons (Fsp3) is 0.435. The first-order chi connectivity index (χ1) is 16.8. The fourth-order valence-electron chi connectivity index (χ4n) is 4.81. The molecule has 35 heavy (non-hydrogen) atoms. The summed E-state index contributed by atoms with van der Waals surface area (Å²) in [5.74, 6) is -2.87. The van der Waals surface area contributed by atoms with Crippen molar-refractivity contribution in [1.82, 2.24) is 9.47 Å². The first-order valence-electron chi connectivity index (χ1n) is 11.1. The van der Waals surface area contributed by atoms with Crippen molar-refractivity contribution in [1.29, 1.82) is 0 Å². The van der Waals surface area contributed by atoms with Gasteiger partial charge < -0.3 is 33.7 Å². The van der Waals surface area contributed by atoms with Crippen LogP contribution in [0.2, 0.25) is 0 Å². The van der Waals surface area contributed by atoms with Crippen LogP contribution < -0.4 is 15.1 Å². The largest absolute Gasteiger partial charge is 0.511 e. The first-order valence-corrected chi connectivity index (χ1v) is 11.1. The van der Waals surface area contributed by atoms with Crippen LogP contribution >= 0.6 is 0 Å². The molecule has 0 radical (unpaired) electrons. The number of carboxylic acid groups (broad SMARTS) is 1. The Morgan fingerprint density at radius 3 is 2.71 bits per heavy atom. The lowest BCUT2D eigenvalue weighted by molar-refractivity contribution is -0.135. The normalized spacial score (nSPS) is 22.0. The average molecular weight is 491 g/mol. The number of hydrogen-bond acceptors (Lipinski definition) is 8. The molecular weight excluding hydrogens is 468 g/mol. The summed E-state index contributed by atoms with van der Waals surface area (Å²) in [4.78, 5) is 38.7.